The van der Waals surface area contributed by atoms with Gasteiger partial charge in [-0.1, -0.05) is 60.7 Å². The number of rotatable bonds is 4. The molecule has 4 atom stereocenters. The third-order valence-corrected chi connectivity index (χ3v) is 6.00. The summed E-state index contributed by atoms with van der Waals surface area (Å²) in [6.45, 7) is 2.32. The Balaban J connectivity index is 1.74. The van der Waals surface area contributed by atoms with E-state index in [0.29, 0.717) is 26.3 Å². The average molecular weight is 379 g/mol. The molecule has 2 aromatic rings. The molecule has 0 bridgehead atoms. The highest BCUT2D eigenvalue weighted by Gasteiger charge is 2.59. The van der Waals surface area contributed by atoms with Gasteiger partial charge in [0.15, 0.2) is 0 Å². The number of carbonyl (C=O) groups is 2. The minimum absolute atomic E-state index is 0.103. The number of ether oxygens (including phenoxy) is 2. The molecule has 2 aromatic carbocycles. The lowest BCUT2D eigenvalue weighted by atomic mass is 9.52. The molecule has 0 radical (unpaired) electrons. The van der Waals surface area contributed by atoms with Crippen molar-refractivity contribution in [2.45, 2.75) is 11.8 Å². The van der Waals surface area contributed by atoms with Crippen LogP contribution in [0, 0.1) is 11.8 Å². The van der Waals surface area contributed by atoms with Crippen LogP contribution in [-0.4, -0.2) is 50.2 Å². The number of hydrogen-bond acceptors (Lipinski definition) is 4. The highest BCUT2D eigenvalue weighted by molar-refractivity contribution is 5.88. The van der Waals surface area contributed by atoms with Gasteiger partial charge in [-0.05, 0) is 11.1 Å². The van der Waals surface area contributed by atoms with E-state index in [1.54, 1.807) is 0 Å². The summed E-state index contributed by atoms with van der Waals surface area (Å²) in [5.41, 5.74) is 2.02. The van der Waals surface area contributed by atoms with Crippen LogP contribution in [0.25, 0.3) is 0 Å². The SMILES string of the molecule is COC(=O)C1[C@@H](c2ccccc2)C(C(=O)N2CCOCC2)[C@H]1c1ccccc1. The molecule has 1 amide bonds. The van der Waals surface area contributed by atoms with Crippen molar-refractivity contribution in [1.29, 1.82) is 0 Å². The molecular formula is C23H25NO4. The number of esters is 1. The van der Waals surface area contributed by atoms with Crippen molar-refractivity contribution in [3.05, 3.63) is 71.8 Å². The maximum atomic E-state index is 13.5. The maximum absolute atomic E-state index is 13.5. The quantitative estimate of drug-likeness (QED) is 0.767. The second kappa shape index (κ2) is 8.15. The largest absolute Gasteiger partial charge is 0.469 e. The van der Waals surface area contributed by atoms with Gasteiger partial charge in [0.25, 0.3) is 0 Å². The van der Waals surface area contributed by atoms with Crippen LogP contribution in [0.2, 0.25) is 0 Å². The van der Waals surface area contributed by atoms with Gasteiger partial charge in [0.1, 0.15) is 0 Å². The molecule has 0 aromatic heterocycles. The Bertz CT molecular complexity index is 770. The molecule has 28 heavy (non-hydrogen) atoms. The maximum Gasteiger partial charge on any atom is 0.309 e. The highest BCUT2D eigenvalue weighted by Crippen LogP contribution is 2.58. The first-order chi connectivity index (χ1) is 13.7. The fraction of sp³-hybridized carbons (Fsp3) is 0.391. The fourth-order valence-electron chi connectivity index (χ4n) is 4.66. The topological polar surface area (TPSA) is 55.8 Å². The predicted octanol–water partition coefficient (Wildman–Crippen LogP) is 2.83. The third-order valence-electron chi connectivity index (χ3n) is 6.00. The van der Waals surface area contributed by atoms with Gasteiger partial charge in [-0.25, -0.2) is 0 Å². The van der Waals surface area contributed by atoms with Gasteiger partial charge in [-0.2, -0.15) is 0 Å². The lowest BCUT2D eigenvalue weighted by molar-refractivity contribution is -0.161. The molecule has 0 spiro atoms. The molecule has 2 aliphatic rings. The number of morpholine rings is 1. The molecule has 1 saturated carbocycles. The van der Waals surface area contributed by atoms with Crippen LogP contribution in [0.4, 0.5) is 0 Å². The Morgan fingerprint density at radius 1 is 0.857 bits per heavy atom. The summed E-state index contributed by atoms with van der Waals surface area (Å²) < 4.78 is 10.6. The Morgan fingerprint density at radius 2 is 1.36 bits per heavy atom. The van der Waals surface area contributed by atoms with Crippen molar-refractivity contribution in [2.24, 2.45) is 11.8 Å². The minimum atomic E-state index is -0.371. The molecule has 0 N–H and O–H groups in total. The van der Waals surface area contributed by atoms with E-state index in [0.717, 1.165) is 11.1 Å². The van der Waals surface area contributed by atoms with Gasteiger partial charge in [-0.15, -0.1) is 0 Å². The molecule has 1 heterocycles. The zero-order valence-corrected chi connectivity index (χ0v) is 16.0. The molecule has 2 unspecified atom stereocenters. The molecule has 4 rings (SSSR count). The van der Waals surface area contributed by atoms with Gasteiger partial charge in [0.2, 0.25) is 5.91 Å². The van der Waals surface area contributed by atoms with E-state index in [-0.39, 0.29) is 35.5 Å². The Kier molecular flexibility index (Phi) is 5.44. The smallest absolute Gasteiger partial charge is 0.309 e. The van der Waals surface area contributed by atoms with E-state index in [4.69, 9.17) is 9.47 Å². The van der Waals surface area contributed by atoms with E-state index in [2.05, 4.69) is 0 Å². The number of nitrogens with zero attached hydrogens (tertiary/aromatic N) is 1. The Morgan fingerprint density at radius 3 is 1.82 bits per heavy atom. The molecule has 1 saturated heterocycles. The van der Waals surface area contributed by atoms with Crippen LogP contribution >= 0.6 is 0 Å². The zero-order chi connectivity index (χ0) is 19.5. The molecular weight excluding hydrogens is 354 g/mol. The van der Waals surface area contributed by atoms with Crippen molar-refractivity contribution in [1.82, 2.24) is 4.90 Å². The van der Waals surface area contributed by atoms with Crippen molar-refractivity contribution in [2.75, 3.05) is 33.4 Å². The second-order valence-electron chi connectivity index (χ2n) is 7.39. The summed E-state index contributed by atoms with van der Waals surface area (Å²) >= 11 is 0. The number of methoxy groups -OCH3 is 1. The van der Waals surface area contributed by atoms with Crippen LogP contribution in [0.1, 0.15) is 23.0 Å². The number of carbonyl (C=O) groups excluding carboxylic acids is 2. The molecule has 1 aliphatic heterocycles. The first-order valence-corrected chi connectivity index (χ1v) is 9.76. The summed E-state index contributed by atoms with van der Waals surface area (Å²) in [6.07, 6.45) is 0. The fourth-order valence-corrected chi connectivity index (χ4v) is 4.66. The molecule has 5 heteroatoms. The van der Waals surface area contributed by atoms with E-state index < -0.39 is 0 Å². The lowest BCUT2D eigenvalue weighted by Crippen LogP contribution is -2.56. The van der Waals surface area contributed by atoms with Crippen LogP contribution in [0.15, 0.2) is 60.7 Å². The third kappa shape index (κ3) is 3.31. The van der Waals surface area contributed by atoms with Gasteiger partial charge in [-0.3, -0.25) is 9.59 Å². The van der Waals surface area contributed by atoms with Crippen LogP contribution in [0.5, 0.6) is 0 Å². The number of amides is 1. The lowest BCUT2D eigenvalue weighted by Gasteiger charge is -2.51. The van der Waals surface area contributed by atoms with Gasteiger partial charge in [0.05, 0.1) is 32.2 Å². The van der Waals surface area contributed by atoms with Crippen molar-refractivity contribution >= 4 is 11.9 Å². The van der Waals surface area contributed by atoms with Gasteiger partial charge < -0.3 is 14.4 Å². The number of hydrogen-bond donors (Lipinski definition) is 0. The van der Waals surface area contributed by atoms with E-state index in [1.807, 2.05) is 65.6 Å². The van der Waals surface area contributed by atoms with Gasteiger partial charge >= 0.3 is 5.97 Å². The van der Waals surface area contributed by atoms with Crippen LogP contribution in [-0.2, 0) is 19.1 Å². The van der Waals surface area contributed by atoms with Gasteiger partial charge in [0, 0.05) is 24.9 Å². The van der Waals surface area contributed by atoms with Crippen molar-refractivity contribution in [3.63, 3.8) is 0 Å². The summed E-state index contributed by atoms with van der Waals surface area (Å²) in [6, 6.07) is 19.7. The van der Waals surface area contributed by atoms with Crippen LogP contribution < -0.4 is 0 Å². The van der Waals surface area contributed by atoms with E-state index in [9.17, 15) is 9.59 Å². The van der Waals surface area contributed by atoms with Crippen LogP contribution in [0.3, 0.4) is 0 Å². The predicted molar refractivity (Wildman–Crippen MR) is 105 cm³/mol. The molecule has 5 nitrogen and oxygen atoms in total. The second-order valence-corrected chi connectivity index (χ2v) is 7.39. The minimum Gasteiger partial charge on any atom is -0.469 e. The standard InChI is InChI=1S/C23H25NO4/c1-27-23(26)21-18(16-8-4-2-5-9-16)20(19(21)17-10-6-3-7-11-17)22(25)24-12-14-28-15-13-24/h2-11,18-21H,12-15H2,1H3/t18-,19+,20?,21?. The first kappa shape index (κ1) is 18.7. The summed E-state index contributed by atoms with van der Waals surface area (Å²) in [4.78, 5) is 28.1. The highest BCUT2D eigenvalue weighted by atomic mass is 16.5. The average Bonchev–Trinajstić information content (AvgIpc) is 2.75. The summed E-state index contributed by atoms with van der Waals surface area (Å²) in [7, 11) is 1.42. The Hall–Kier alpha value is -2.66. The summed E-state index contributed by atoms with van der Waals surface area (Å²) in [5, 5.41) is 0. The molecule has 1 aliphatic carbocycles. The summed E-state index contributed by atoms with van der Waals surface area (Å²) in [5.74, 6) is -1.18. The zero-order valence-electron chi connectivity index (χ0n) is 16.0. The first-order valence-electron chi connectivity index (χ1n) is 9.76. The van der Waals surface area contributed by atoms with E-state index >= 15 is 0 Å². The Labute approximate surface area is 165 Å². The number of benzene rings is 2. The van der Waals surface area contributed by atoms with E-state index in [1.165, 1.54) is 7.11 Å². The van der Waals surface area contributed by atoms with Crippen molar-refractivity contribution < 1.29 is 19.1 Å². The van der Waals surface area contributed by atoms with Crippen molar-refractivity contribution in [3.8, 4) is 0 Å². The molecule has 146 valence electrons. The monoisotopic (exact) mass is 379 g/mol. The molecule has 2 fully saturated rings. The normalized spacial score (nSPS) is 27.0.